The van der Waals surface area contributed by atoms with Crippen LogP contribution < -0.4 is 0 Å². The van der Waals surface area contributed by atoms with Gasteiger partial charge in [-0.15, -0.1) is 0 Å². The molecule has 0 saturated heterocycles. The van der Waals surface area contributed by atoms with Crippen molar-refractivity contribution in [3.05, 3.63) is 59.7 Å². The Bertz CT molecular complexity index is 1200. The van der Waals surface area contributed by atoms with Crippen molar-refractivity contribution in [3.63, 3.8) is 0 Å². The first kappa shape index (κ1) is 40.6. The van der Waals surface area contributed by atoms with Crippen molar-refractivity contribution < 1.29 is 20.4 Å². The summed E-state index contributed by atoms with van der Waals surface area (Å²) in [5.41, 5.74) is 4.94. The van der Waals surface area contributed by atoms with Crippen LogP contribution in [-0.2, 0) is 20.4 Å². The molecule has 45 heavy (non-hydrogen) atoms. The van der Waals surface area contributed by atoms with Crippen LogP contribution in [0.2, 0.25) is 0 Å². The fourth-order valence-electron chi connectivity index (χ4n) is 5.16. The van der Waals surface area contributed by atoms with E-state index in [9.17, 15) is 0 Å². The van der Waals surface area contributed by atoms with Gasteiger partial charge in [-0.25, -0.2) is 0 Å². The summed E-state index contributed by atoms with van der Waals surface area (Å²) in [6.45, 7) is 6.76. The van der Waals surface area contributed by atoms with Crippen molar-refractivity contribution in [2.24, 2.45) is 9.98 Å². The Morgan fingerprint density at radius 1 is 0.556 bits per heavy atom. The summed E-state index contributed by atoms with van der Waals surface area (Å²) in [4.78, 5) is 9.76. The third-order valence-electron chi connectivity index (χ3n) is 7.89. The third kappa shape index (κ3) is 21.9. The molecule has 0 unspecified atom stereocenters. The van der Waals surface area contributed by atoms with Gasteiger partial charge in [0.2, 0.25) is 0 Å². The van der Waals surface area contributed by atoms with Crippen LogP contribution in [0.25, 0.3) is 0 Å². The maximum atomic E-state index is 4.97. The Morgan fingerprint density at radius 3 is 1.51 bits per heavy atom. The molecule has 0 aliphatic carbocycles. The second-order valence-electron chi connectivity index (χ2n) is 12.1. The van der Waals surface area contributed by atoms with Crippen LogP contribution >= 0.6 is 0 Å². The van der Waals surface area contributed by atoms with E-state index < -0.39 is 0 Å². The molecule has 0 fully saturated rings. The van der Waals surface area contributed by atoms with E-state index in [1.165, 1.54) is 103 Å². The Hall–Kier alpha value is -2.44. The van der Waals surface area contributed by atoms with Gasteiger partial charge < -0.3 is 0 Å². The number of unbranched alkanes of at least 4 members (excludes halogenated alkanes) is 17. The zero-order valence-corrected chi connectivity index (χ0v) is 30.3. The molecule has 2 aromatic carbocycles. The second kappa shape index (κ2) is 29.0. The van der Waals surface area contributed by atoms with E-state index in [1.54, 1.807) is 0 Å². The number of hydrogen-bond acceptors (Lipinski definition) is 2. The molecule has 0 aromatic heterocycles. The third-order valence-corrected chi connectivity index (χ3v) is 7.89. The molecule has 0 amide bonds. The SMILES string of the molecule is CCCCCCCCCCC#Cc1cccc(N=CC(CCCC)=Nc2cccc(C#CCCCCCCCCCC)c2)c1.[Pd]. The molecule has 0 bridgehead atoms. The van der Waals surface area contributed by atoms with E-state index in [0.717, 1.165) is 60.3 Å². The Balaban J connectivity index is 0.0000101. The molecule has 0 aliphatic rings. The molecule has 248 valence electrons. The van der Waals surface area contributed by atoms with Gasteiger partial charge in [0.15, 0.2) is 0 Å². The predicted molar refractivity (Wildman–Crippen MR) is 196 cm³/mol. The maximum absolute atomic E-state index is 4.97. The van der Waals surface area contributed by atoms with E-state index in [-0.39, 0.29) is 20.4 Å². The van der Waals surface area contributed by atoms with Gasteiger partial charge in [0.25, 0.3) is 0 Å². The van der Waals surface area contributed by atoms with E-state index in [4.69, 9.17) is 9.98 Å². The Morgan fingerprint density at radius 2 is 1.00 bits per heavy atom. The summed E-state index contributed by atoms with van der Waals surface area (Å²) < 4.78 is 0. The number of rotatable bonds is 22. The molecule has 2 aromatic rings. The number of benzene rings is 2. The van der Waals surface area contributed by atoms with Gasteiger partial charge in [-0.05, 0) is 62.1 Å². The van der Waals surface area contributed by atoms with Crippen molar-refractivity contribution in [1.29, 1.82) is 0 Å². The first-order valence-electron chi connectivity index (χ1n) is 18.0. The van der Waals surface area contributed by atoms with Crippen LogP contribution in [0.3, 0.4) is 0 Å². The molecule has 0 aliphatic heterocycles. The largest absolute Gasteiger partial charge is 0.255 e. The van der Waals surface area contributed by atoms with Gasteiger partial charge in [0, 0.05) is 50.6 Å². The number of nitrogens with zero attached hydrogens (tertiary/aromatic N) is 2. The average Bonchev–Trinajstić information content (AvgIpc) is 3.04. The molecule has 2 nitrogen and oxygen atoms in total. The quantitative estimate of drug-likeness (QED) is 0.0506. The standard InChI is InChI=1S/C42H60N2.Pd/c1-4-7-10-12-14-16-18-20-22-24-28-38-30-26-33-40(35-38)43-37-42(32-9-6-3)44-41-34-27-31-39(36-41)29-25-23-21-19-17-15-13-11-8-5-2;/h26-27,30-31,33-37H,4-23,32H2,1-3H3;. The monoisotopic (exact) mass is 698 g/mol. The van der Waals surface area contributed by atoms with Crippen LogP contribution in [0, 0.1) is 23.7 Å². The van der Waals surface area contributed by atoms with Gasteiger partial charge in [0.1, 0.15) is 0 Å². The normalized spacial score (nSPS) is 11.0. The molecule has 0 spiro atoms. The van der Waals surface area contributed by atoms with Crippen LogP contribution in [0.5, 0.6) is 0 Å². The topological polar surface area (TPSA) is 24.7 Å². The molecule has 3 heteroatoms. The van der Waals surface area contributed by atoms with Crippen LogP contribution in [0.15, 0.2) is 58.5 Å². The molecule has 0 atom stereocenters. The molecule has 0 heterocycles. The average molecular weight is 699 g/mol. The molecular weight excluding hydrogens is 639 g/mol. The van der Waals surface area contributed by atoms with E-state index in [2.05, 4.69) is 80.9 Å². The number of aliphatic imine (C=N–C) groups is 2. The first-order valence-corrected chi connectivity index (χ1v) is 18.0. The molecular formula is C42H60N2Pd. The molecule has 0 N–H and O–H groups in total. The van der Waals surface area contributed by atoms with Gasteiger partial charge in [-0.1, -0.05) is 153 Å². The van der Waals surface area contributed by atoms with Gasteiger partial charge in [-0.3, -0.25) is 9.98 Å². The first-order chi connectivity index (χ1) is 21.7. The smallest absolute Gasteiger partial charge is 0.0646 e. The minimum absolute atomic E-state index is 0. The fourth-order valence-corrected chi connectivity index (χ4v) is 5.16. The van der Waals surface area contributed by atoms with Gasteiger partial charge in [0.05, 0.1) is 17.1 Å². The summed E-state index contributed by atoms with van der Waals surface area (Å²) in [7, 11) is 0. The van der Waals surface area contributed by atoms with Gasteiger partial charge in [-0.2, -0.15) is 0 Å². The maximum Gasteiger partial charge on any atom is 0.0646 e. The summed E-state index contributed by atoms with van der Waals surface area (Å²) in [6.07, 6.45) is 28.4. The summed E-state index contributed by atoms with van der Waals surface area (Å²) in [6, 6.07) is 16.6. The van der Waals surface area contributed by atoms with E-state index in [1.807, 2.05) is 18.3 Å². The summed E-state index contributed by atoms with van der Waals surface area (Å²) >= 11 is 0. The minimum Gasteiger partial charge on any atom is -0.255 e. The Labute approximate surface area is 291 Å². The van der Waals surface area contributed by atoms with Crippen molar-refractivity contribution in [2.75, 3.05) is 0 Å². The van der Waals surface area contributed by atoms with Crippen molar-refractivity contribution in [3.8, 4) is 23.7 Å². The fraction of sp³-hybridized carbons (Fsp3) is 0.571. The molecule has 2 rings (SSSR count). The summed E-state index contributed by atoms with van der Waals surface area (Å²) in [5, 5.41) is 0. The van der Waals surface area contributed by atoms with E-state index >= 15 is 0 Å². The zero-order valence-electron chi connectivity index (χ0n) is 28.8. The zero-order chi connectivity index (χ0) is 31.3. The summed E-state index contributed by atoms with van der Waals surface area (Å²) in [5.74, 6) is 13.5. The van der Waals surface area contributed by atoms with Gasteiger partial charge >= 0.3 is 0 Å². The number of hydrogen-bond donors (Lipinski definition) is 0. The van der Waals surface area contributed by atoms with Crippen molar-refractivity contribution in [2.45, 2.75) is 156 Å². The molecule has 0 radical (unpaired) electrons. The van der Waals surface area contributed by atoms with Crippen molar-refractivity contribution in [1.82, 2.24) is 0 Å². The predicted octanol–water partition coefficient (Wildman–Crippen LogP) is 13.1. The Kier molecular flexibility index (Phi) is 26.2. The van der Waals surface area contributed by atoms with Crippen molar-refractivity contribution >= 4 is 23.3 Å². The second-order valence-corrected chi connectivity index (χ2v) is 12.1. The van der Waals surface area contributed by atoms with Crippen LogP contribution in [0.4, 0.5) is 11.4 Å². The van der Waals surface area contributed by atoms with Crippen LogP contribution in [-0.4, -0.2) is 11.9 Å². The van der Waals surface area contributed by atoms with Crippen LogP contribution in [0.1, 0.15) is 167 Å². The van der Waals surface area contributed by atoms with E-state index in [0.29, 0.717) is 0 Å². The molecule has 0 saturated carbocycles. The minimum atomic E-state index is 0.